The highest BCUT2D eigenvalue weighted by atomic mass is 16.1. The average Bonchev–Trinajstić information content (AvgIpc) is 2.16. The lowest BCUT2D eigenvalue weighted by Crippen LogP contribution is -1.91. The summed E-state index contributed by atoms with van der Waals surface area (Å²) in [5.74, 6) is 0.260. The van der Waals surface area contributed by atoms with Crippen molar-refractivity contribution in [1.29, 1.82) is 0 Å². The summed E-state index contributed by atoms with van der Waals surface area (Å²) in [6.07, 6.45) is 6.69. The Labute approximate surface area is 92.1 Å². The first-order chi connectivity index (χ1) is 6.95. The van der Waals surface area contributed by atoms with Gasteiger partial charge in [0.2, 0.25) is 0 Å². The predicted octanol–water partition coefficient (Wildman–Crippen LogP) is 3.23. The van der Waals surface area contributed by atoms with Gasteiger partial charge < -0.3 is 0 Å². The van der Waals surface area contributed by atoms with Crippen LogP contribution in [0.2, 0.25) is 0 Å². The predicted molar refractivity (Wildman–Crippen MR) is 62.7 cm³/mol. The Morgan fingerprint density at radius 2 is 1.13 bits per heavy atom. The fourth-order valence-corrected chi connectivity index (χ4v) is 1.04. The summed E-state index contributed by atoms with van der Waals surface area (Å²) in [6.45, 7) is 6.81. The third-order valence-corrected chi connectivity index (χ3v) is 2.42. The standard InChI is InChI=1S/C13H20O2/c1-10(12(3)14)8-6-5-7-9-11(2)13(4)15/h8-9H,5-7H2,1-4H3/b10-8+,11-9+. The molecule has 0 aromatic rings. The SMILES string of the molecule is CC(=O)/C(C)=C/CCC/C=C(\C)C(C)=O. The molecule has 0 rings (SSSR count). The van der Waals surface area contributed by atoms with Crippen LogP contribution < -0.4 is 0 Å². The van der Waals surface area contributed by atoms with Gasteiger partial charge in [-0.15, -0.1) is 0 Å². The van der Waals surface area contributed by atoms with Crippen molar-refractivity contribution in [3.8, 4) is 0 Å². The molecule has 0 saturated carbocycles. The molecule has 0 bridgehead atoms. The number of carbonyl (C=O) groups is 2. The molecule has 0 spiro atoms. The molecule has 0 heterocycles. The van der Waals surface area contributed by atoms with Crippen molar-refractivity contribution in [3.05, 3.63) is 23.3 Å². The van der Waals surface area contributed by atoms with Crippen LogP contribution in [0.5, 0.6) is 0 Å². The van der Waals surface area contributed by atoms with Crippen LogP contribution >= 0.6 is 0 Å². The lowest BCUT2D eigenvalue weighted by atomic mass is 10.1. The van der Waals surface area contributed by atoms with E-state index in [2.05, 4.69) is 0 Å². The second-order valence-corrected chi connectivity index (χ2v) is 3.82. The zero-order chi connectivity index (χ0) is 11.8. The summed E-state index contributed by atoms with van der Waals surface area (Å²) in [4.78, 5) is 21.8. The van der Waals surface area contributed by atoms with Crippen LogP contribution in [0.15, 0.2) is 23.3 Å². The largest absolute Gasteiger partial charge is 0.295 e. The number of ketones is 2. The highest BCUT2D eigenvalue weighted by Crippen LogP contribution is 2.05. The van der Waals surface area contributed by atoms with Gasteiger partial charge in [-0.05, 0) is 58.1 Å². The fourth-order valence-electron chi connectivity index (χ4n) is 1.04. The van der Waals surface area contributed by atoms with Gasteiger partial charge in [0.05, 0.1) is 0 Å². The van der Waals surface area contributed by atoms with Gasteiger partial charge in [-0.25, -0.2) is 0 Å². The maximum Gasteiger partial charge on any atom is 0.155 e. The molecule has 0 amide bonds. The van der Waals surface area contributed by atoms with E-state index in [1.807, 2.05) is 26.0 Å². The number of allylic oxidation sites excluding steroid dienone is 4. The molecule has 0 saturated heterocycles. The second kappa shape index (κ2) is 7.16. The molecular formula is C13H20O2. The van der Waals surface area contributed by atoms with E-state index < -0.39 is 0 Å². The lowest BCUT2D eigenvalue weighted by Gasteiger charge is -1.96. The normalized spacial score (nSPS) is 12.8. The van der Waals surface area contributed by atoms with Crippen molar-refractivity contribution >= 4 is 11.6 Å². The minimum absolute atomic E-state index is 0.130. The first-order valence-electron chi connectivity index (χ1n) is 5.30. The Kier molecular flexibility index (Phi) is 6.59. The molecule has 84 valence electrons. The van der Waals surface area contributed by atoms with Gasteiger partial charge in [-0.2, -0.15) is 0 Å². The number of hydrogen-bond donors (Lipinski definition) is 0. The molecule has 0 atom stereocenters. The minimum atomic E-state index is 0.130. The molecule has 0 N–H and O–H groups in total. The van der Waals surface area contributed by atoms with E-state index in [4.69, 9.17) is 0 Å². The number of unbranched alkanes of at least 4 members (excludes halogenated alkanes) is 2. The van der Waals surface area contributed by atoms with Crippen LogP contribution in [0.25, 0.3) is 0 Å². The molecule has 0 aromatic carbocycles. The average molecular weight is 208 g/mol. The van der Waals surface area contributed by atoms with E-state index in [-0.39, 0.29) is 11.6 Å². The zero-order valence-corrected chi connectivity index (χ0v) is 10.1. The van der Waals surface area contributed by atoms with E-state index >= 15 is 0 Å². The number of rotatable bonds is 6. The van der Waals surface area contributed by atoms with Crippen molar-refractivity contribution in [1.82, 2.24) is 0 Å². The van der Waals surface area contributed by atoms with E-state index in [1.54, 1.807) is 13.8 Å². The Bertz CT molecular complexity index is 266. The maximum absolute atomic E-state index is 10.9. The minimum Gasteiger partial charge on any atom is -0.295 e. The second-order valence-electron chi connectivity index (χ2n) is 3.82. The first-order valence-corrected chi connectivity index (χ1v) is 5.30. The Morgan fingerprint density at radius 1 is 0.800 bits per heavy atom. The number of carbonyl (C=O) groups excluding carboxylic acids is 2. The van der Waals surface area contributed by atoms with Crippen molar-refractivity contribution in [2.45, 2.75) is 47.0 Å². The van der Waals surface area contributed by atoms with Gasteiger partial charge in [0.15, 0.2) is 11.6 Å². The summed E-state index contributed by atoms with van der Waals surface area (Å²) in [7, 11) is 0. The summed E-state index contributed by atoms with van der Waals surface area (Å²) >= 11 is 0. The lowest BCUT2D eigenvalue weighted by molar-refractivity contribution is -0.114. The number of Topliss-reactive ketones (excluding diaryl/α,β-unsaturated/α-hetero) is 2. The molecule has 0 aliphatic carbocycles. The third-order valence-electron chi connectivity index (χ3n) is 2.42. The van der Waals surface area contributed by atoms with Gasteiger partial charge >= 0.3 is 0 Å². The van der Waals surface area contributed by atoms with E-state index in [0.717, 1.165) is 30.4 Å². The highest BCUT2D eigenvalue weighted by Gasteiger charge is 1.95. The van der Waals surface area contributed by atoms with E-state index in [1.165, 1.54) is 0 Å². The molecule has 2 heteroatoms. The molecule has 0 aromatic heterocycles. The van der Waals surface area contributed by atoms with Gasteiger partial charge in [-0.3, -0.25) is 9.59 Å². The van der Waals surface area contributed by atoms with Crippen molar-refractivity contribution < 1.29 is 9.59 Å². The van der Waals surface area contributed by atoms with Crippen LogP contribution in [0, 0.1) is 0 Å². The zero-order valence-electron chi connectivity index (χ0n) is 10.1. The van der Waals surface area contributed by atoms with Gasteiger partial charge in [-0.1, -0.05) is 12.2 Å². The molecule has 0 aliphatic heterocycles. The quantitative estimate of drug-likeness (QED) is 0.496. The Balaban J connectivity index is 3.83. The third kappa shape index (κ3) is 6.83. The summed E-state index contributed by atoms with van der Waals surface area (Å²) in [5.41, 5.74) is 1.64. The molecule has 15 heavy (non-hydrogen) atoms. The van der Waals surface area contributed by atoms with Crippen LogP contribution in [-0.2, 0) is 9.59 Å². The first kappa shape index (κ1) is 13.8. The Hall–Kier alpha value is -1.18. The molecule has 2 nitrogen and oxygen atoms in total. The van der Waals surface area contributed by atoms with Crippen molar-refractivity contribution in [2.75, 3.05) is 0 Å². The summed E-state index contributed by atoms with van der Waals surface area (Å²) in [6, 6.07) is 0. The van der Waals surface area contributed by atoms with Crippen LogP contribution in [-0.4, -0.2) is 11.6 Å². The molecule has 0 fully saturated rings. The molecule has 0 unspecified atom stereocenters. The van der Waals surface area contributed by atoms with E-state index in [0.29, 0.717) is 0 Å². The smallest absolute Gasteiger partial charge is 0.155 e. The molecule has 0 radical (unpaired) electrons. The van der Waals surface area contributed by atoms with Gasteiger partial charge in [0, 0.05) is 0 Å². The van der Waals surface area contributed by atoms with Crippen molar-refractivity contribution in [2.24, 2.45) is 0 Å². The van der Waals surface area contributed by atoms with Crippen LogP contribution in [0.1, 0.15) is 47.0 Å². The molecule has 0 aliphatic rings. The van der Waals surface area contributed by atoms with Gasteiger partial charge in [0.25, 0.3) is 0 Å². The fraction of sp³-hybridized carbons (Fsp3) is 0.538. The van der Waals surface area contributed by atoms with Crippen molar-refractivity contribution in [3.63, 3.8) is 0 Å². The summed E-state index contributed by atoms with van der Waals surface area (Å²) < 4.78 is 0. The Morgan fingerprint density at radius 3 is 1.40 bits per heavy atom. The van der Waals surface area contributed by atoms with Gasteiger partial charge in [0.1, 0.15) is 0 Å². The summed E-state index contributed by atoms with van der Waals surface area (Å²) in [5, 5.41) is 0. The number of hydrogen-bond acceptors (Lipinski definition) is 2. The topological polar surface area (TPSA) is 34.1 Å². The molecular weight excluding hydrogens is 188 g/mol. The van der Waals surface area contributed by atoms with Crippen LogP contribution in [0.4, 0.5) is 0 Å². The maximum atomic E-state index is 10.9. The highest BCUT2D eigenvalue weighted by molar-refractivity contribution is 5.92. The van der Waals surface area contributed by atoms with Crippen LogP contribution in [0.3, 0.4) is 0 Å². The monoisotopic (exact) mass is 208 g/mol. The van der Waals surface area contributed by atoms with E-state index in [9.17, 15) is 9.59 Å².